The van der Waals surface area contributed by atoms with Crippen LogP contribution in [0.5, 0.6) is 0 Å². The molecule has 5 heteroatoms. The Labute approximate surface area is 108 Å². The summed E-state index contributed by atoms with van der Waals surface area (Å²) in [4.78, 5) is 13.1. The second kappa shape index (κ2) is 5.18. The Morgan fingerprint density at radius 2 is 1.94 bits per heavy atom. The molecular formula is C13H22N4O. The third kappa shape index (κ3) is 2.46. The van der Waals surface area contributed by atoms with Crippen molar-refractivity contribution in [2.24, 2.45) is 0 Å². The largest absolute Gasteiger partial charge is 0.371 e. The van der Waals surface area contributed by atoms with Gasteiger partial charge in [0.1, 0.15) is 11.4 Å². The van der Waals surface area contributed by atoms with E-state index < -0.39 is 5.60 Å². The van der Waals surface area contributed by atoms with Crippen molar-refractivity contribution < 1.29 is 4.74 Å². The molecule has 2 N–H and O–H groups in total. The lowest BCUT2D eigenvalue weighted by Crippen LogP contribution is -2.28. The molecule has 100 valence electrons. The van der Waals surface area contributed by atoms with E-state index in [1.807, 2.05) is 6.92 Å². The van der Waals surface area contributed by atoms with Gasteiger partial charge in [0, 0.05) is 13.0 Å². The lowest BCUT2D eigenvalue weighted by molar-refractivity contribution is -0.00928. The molecule has 0 radical (unpaired) electrons. The second-order valence-corrected chi connectivity index (χ2v) is 5.15. The molecule has 1 heterocycles. The summed E-state index contributed by atoms with van der Waals surface area (Å²) >= 11 is 0. The van der Waals surface area contributed by atoms with E-state index >= 15 is 0 Å². The molecule has 0 saturated heterocycles. The van der Waals surface area contributed by atoms with Crippen LogP contribution in [0.3, 0.4) is 0 Å². The molecule has 0 aliphatic heterocycles. The molecule has 5 nitrogen and oxygen atoms in total. The summed E-state index contributed by atoms with van der Waals surface area (Å²) in [5, 5.41) is 0. The van der Waals surface area contributed by atoms with Crippen LogP contribution in [0.4, 0.5) is 5.95 Å². The molecule has 1 aliphatic carbocycles. The van der Waals surface area contributed by atoms with Gasteiger partial charge in [-0.15, -0.1) is 0 Å². The van der Waals surface area contributed by atoms with Crippen LogP contribution in [-0.4, -0.2) is 22.1 Å². The molecule has 0 bridgehead atoms. The van der Waals surface area contributed by atoms with Gasteiger partial charge in [-0.3, -0.25) is 0 Å². The Hall–Kier alpha value is -1.23. The Morgan fingerprint density at radius 3 is 2.50 bits per heavy atom. The van der Waals surface area contributed by atoms with E-state index in [1.165, 1.54) is 12.8 Å². The molecule has 1 unspecified atom stereocenters. The Bertz CT molecular complexity index is 411. The lowest BCUT2D eigenvalue weighted by atomic mass is 10.0. The number of rotatable bonds is 4. The van der Waals surface area contributed by atoms with Crippen LogP contribution in [0.2, 0.25) is 0 Å². The van der Waals surface area contributed by atoms with Crippen molar-refractivity contribution >= 4 is 5.95 Å². The SMILES string of the molecule is CCC(C)(OC)c1nc(N)nc(C2CCCC2)n1. The quantitative estimate of drug-likeness (QED) is 0.888. The number of ether oxygens (including phenoxy) is 1. The molecule has 0 aromatic carbocycles. The van der Waals surface area contributed by atoms with Crippen molar-refractivity contribution in [3.05, 3.63) is 11.6 Å². The monoisotopic (exact) mass is 250 g/mol. The van der Waals surface area contributed by atoms with Crippen LogP contribution in [0.15, 0.2) is 0 Å². The fraction of sp³-hybridized carbons (Fsp3) is 0.769. The molecule has 0 spiro atoms. The first-order valence-corrected chi connectivity index (χ1v) is 6.66. The maximum Gasteiger partial charge on any atom is 0.223 e. The Morgan fingerprint density at radius 1 is 1.28 bits per heavy atom. The predicted molar refractivity (Wildman–Crippen MR) is 70.1 cm³/mol. The first kappa shape index (κ1) is 13.2. The Kier molecular flexibility index (Phi) is 3.80. The molecule has 1 aromatic rings. The number of nitrogens with zero attached hydrogens (tertiary/aromatic N) is 3. The van der Waals surface area contributed by atoms with E-state index in [2.05, 4.69) is 21.9 Å². The molecule has 0 amide bonds. The van der Waals surface area contributed by atoms with Gasteiger partial charge >= 0.3 is 0 Å². The third-order valence-corrected chi connectivity index (χ3v) is 3.99. The topological polar surface area (TPSA) is 73.9 Å². The van der Waals surface area contributed by atoms with Crippen molar-refractivity contribution in [1.82, 2.24) is 15.0 Å². The highest BCUT2D eigenvalue weighted by Crippen LogP contribution is 2.33. The predicted octanol–water partition coefficient (Wildman–Crippen LogP) is 2.38. The number of nitrogen functional groups attached to an aromatic ring is 1. The van der Waals surface area contributed by atoms with E-state index in [-0.39, 0.29) is 0 Å². The fourth-order valence-electron chi connectivity index (χ4n) is 2.41. The van der Waals surface area contributed by atoms with E-state index in [9.17, 15) is 0 Å². The summed E-state index contributed by atoms with van der Waals surface area (Å²) in [5.41, 5.74) is 5.33. The van der Waals surface area contributed by atoms with Crippen LogP contribution in [-0.2, 0) is 10.3 Å². The molecule has 18 heavy (non-hydrogen) atoms. The van der Waals surface area contributed by atoms with Gasteiger partial charge in [-0.05, 0) is 26.2 Å². The zero-order valence-corrected chi connectivity index (χ0v) is 11.4. The molecule has 1 fully saturated rings. The number of anilines is 1. The van der Waals surface area contributed by atoms with Crippen LogP contribution in [0.1, 0.15) is 63.5 Å². The van der Waals surface area contributed by atoms with Gasteiger partial charge in [0.05, 0.1) is 0 Å². The smallest absolute Gasteiger partial charge is 0.223 e. The maximum absolute atomic E-state index is 5.82. The van der Waals surface area contributed by atoms with Gasteiger partial charge in [0.15, 0.2) is 5.82 Å². The van der Waals surface area contributed by atoms with Crippen LogP contribution in [0, 0.1) is 0 Å². The van der Waals surface area contributed by atoms with Crippen molar-refractivity contribution in [2.45, 2.75) is 57.5 Å². The fourth-order valence-corrected chi connectivity index (χ4v) is 2.41. The molecule has 1 atom stereocenters. The number of nitrogens with two attached hydrogens (primary N) is 1. The standard InChI is InChI=1S/C13H22N4O/c1-4-13(2,18-3)11-15-10(16-12(14)17-11)9-7-5-6-8-9/h9H,4-8H2,1-3H3,(H2,14,15,16,17). The van der Waals surface area contributed by atoms with Crippen molar-refractivity contribution in [3.63, 3.8) is 0 Å². The molecule has 1 aromatic heterocycles. The average Bonchev–Trinajstić information content (AvgIpc) is 2.91. The van der Waals surface area contributed by atoms with Gasteiger partial charge in [-0.2, -0.15) is 9.97 Å². The third-order valence-electron chi connectivity index (χ3n) is 3.99. The molecule has 1 saturated carbocycles. The summed E-state index contributed by atoms with van der Waals surface area (Å²) in [6.07, 6.45) is 5.61. The van der Waals surface area contributed by atoms with Crippen molar-refractivity contribution in [2.75, 3.05) is 12.8 Å². The molecule has 1 aliphatic rings. The summed E-state index contributed by atoms with van der Waals surface area (Å²) < 4.78 is 5.54. The highest BCUT2D eigenvalue weighted by atomic mass is 16.5. The van der Waals surface area contributed by atoms with E-state index in [1.54, 1.807) is 7.11 Å². The zero-order valence-electron chi connectivity index (χ0n) is 11.4. The van der Waals surface area contributed by atoms with Gasteiger partial charge < -0.3 is 10.5 Å². The highest BCUT2D eigenvalue weighted by molar-refractivity contribution is 5.20. The minimum absolute atomic E-state index is 0.304. The first-order valence-electron chi connectivity index (χ1n) is 6.66. The van der Waals surface area contributed by atoms with Gasteiger partial charge in [0.2, 0.25) is 5.95 Å². The Balaban J connectivity index is 2.36. The zero-order chi connectivity index (χ0) is 13.2. The average molecular weight is 250 g/mol. The lowest BCUT2D eigenvalue weighted by Gasteiger charge is -2.25. The molecule has 2 rings (SSSR count). The summed E-state index contributed by atoms with van der Waals surface area (Å²) in [5.74, 6) is 2.24. The number of methoxy groups -OCH3 is 1. The number of hydrogen-bond donors (Lipinski definition) is 1. The van der Waals surface area contributed by atoms with E-state index in [0.29, 0.717) is 17.7 Å². The van der Waals surface area contributed by atoms with Crippen LogP contribution < -0.4 is 5.73 Å². The van der Waals surface area contributed by atoms with Gasteiger partial charge in [-0.25, -0.2) is 4.98 Å². The number of aromatic nitrogens is 3. The van der Waals surface area contributed by atoms with Gasteiger partial charge in [0.25, 0.3) is 0 Å². The summed E-state index contributed by atoms with van der Waals surface area (Å²) in [7, 11) is 1.68. The minimum atomic E-state index is -0.482. The minimum Gasteiger partial charge on any atom is -0.371 e. The molecular weight excluding hydrogens is 228 g/mol. The second-order valence-electron chi connectivity index (χ2n) is 5.15. The van der Waals surface area contributed by atoms with Crippen LogP contribution >= 0.6 is 0 Å². The van der Waals surface area contributed by atoms with Crippen LogP contribution in [0.25, 0.3) is 0 Å². The highest BCUT2D eigenvalue weighted by Gasteiger charge is 2.30. The summed E-state index contributed by atoms with van der Waals surface area (Å²) in [6, 6.07) is 0. The van der Waals surface area contributed by atoms with E-state index in [0.717, 1.165) is 25.1 Å². The van der Waals surface area contributed by atoms with Crippen molar-refractivity contribution in [3.8, 4) is 0 Å². The summed E-state index contributed by atoms with van der Waals surface area (Å²) in [6.45, 7) is 4.04. The van der Waals surface area contributed by atoms with Crippen molar-refractivity contribution in [1.29, 1.82) is 0 Å². The first-order chi connectivity index (χ1) is 8.59. The van der Waals surface area contributed by atoms with Gasteiger partial charge in [-0.1, -0.05) is 19.8 Å². The maximum atomic E-state index is 5.82. The van der Waals surface area contributed by atoms with E-state index in [4.69, 9.17) is 10.5 Å². The number of hydrogen-bond acceptors (Lipinski definition) is 5. The normalized spacial score (nSPS) is 19.9.